The Morgan fingerprint density at radius 2 is 0.633 bits per heavy atom. The molecule has 0 aromatic carbocycles. The van der Waals surface area contributed by atoms with Crippen molar-refractivity contribution in [3.63, 3.8) is 0 Å². The number of ether oxygens (including phenoxy) is 2. The summed E-state index contributed by atoms with van der Waals surface area (Å²) in [5, 5.41) is 2.90. The molecule has 0 saturated carbocycles. The highest BCUT2D eigenvalue weighted by Crippen LogP contribution is 2.15. The summed E-state index contributed by atoms with van der Waals surface area (Å²) in [4.78, 5) is 23.9. The molecule has 0 aliphatic rings. The lowest BCUT2D eigenvalue weighted by Gasteiger charge is -2.07. The lowest BCUT2D eigenvalue weighted by atomic mass is 10.0. The van der Waals surface area contributed by atoms with E-state index >= 15 is 0 Å². The minimum atomic E-state index is -0.257. The van der Waals surface area contributed by atoms with E-state index in [1.54, 1.807) is 0 Å². The van der Waals surface area contributed by atoms with Gasteiger partial charge in [-0.3, -0.25) is 4.79 Å². The second-order valence-corrected chi connectivity index (χ2v) is 15.1. The molecule has 0 radical (unpaired) electrons. The minimum Gasteiger partial charge on any atom is -0.466 e. The number of rotatable bonds is 41. The predicted molar refractivity (Wildman–Crippen MR) is 212 cm³/mol. The summed E-state index contributed by atoms with van der Waals surface area (Å²) in [5.41, 5.74) is 0. The first-order valence-corrected chi connectivity index (χ1v) is 22.3. The Bertz CT molecular complexity index is 601. The van der Waals surface area contributed by atoms with Crippen LogP contribution in [0.5, 0.6) is 0 Å². The topological polar surface area (TPSA) is 64.6 Å². The molecule has 1 amide bonds. The van der Waals surface area contributed by atoms with Crippen LogP contribution in [0.4, 0.5) is 4.79 Å². The molecule has 49 heavy (non-hydrogen) atoms. The zero-order valence-corrected chi connectivity index (χ0v) is 33.4. The Morgan fingerprint density at radius 1 is 0.347 bits per heavy atom. The summed E-state index contributed by atoms with van der Waals surface area (Å²) in [6.45, 7) is 6.41. The molecule has 0 spiro atoms. The predicted octanol–water partition coefficient (Wildman–Crippen LogP) is 14.7. The van der Waals surface area contributed by atoms with Gasteiger partial charge in [-0.15, -0.1) is 0 Å². The number of carbonyl (C=O) groups is 2. The van der Waals surface area contributed by atoms with Gasteiger partial charge in [0.1, 0.15) is 0 Å². The fourth-order valence-electron chi connectivity index (χ4n) is 6.71. The molecule has 0 atom stereocenters. The number of esters is 1. The molecule has 5 nitrogen and oxygen atoms in total. The van der Waals surface area contributed by atoms with Crippen LogP contribution < -0.4 is 5.32 Å². The molecule has 0 rings (SSSR count). The van der Waals surface area contributed by atoms with Gasteiger partial charge in [-0.1, -0.05) is 219 Å². The van der Waals surface area contributed by atoms with Crippen LogP contribution in [0.2, 0.25) is 0 Å². The molecule has 5 heteroatoms. The monoisotopic (exact) mass is 694 g/mol. The highest BCUT2D eigenvalue weighted by molar-refractivity contribution is 5.69. The Morgan fingerprint density at radius 3 is 1.00 bits per heavy atom. The second-order valence-electron chi connectivity index (χ2n) is 15.1. The van der Waals surface area contributed by atoms with Crippen LogP contribution in [-0.2, 0) is 14.3 Å². The first-order valence-electron chi connectivity index (χ1n) is 22.3. The summed E-state index contributed by atoms with van der Waals surface area (Å²) in [5.74, 6) is -0.0136. The van der Waals surface area contributed by atoms with E-state index in [2.05, 4.69) is 19.2 Å². The van der Waals surface area contributed by atoms with E-state index in [4.69, 9.17) is 9.47 Å². The van der Waals surface area contributed by atoms with Gasteiger partial charge in [-0.2, -0.15) is 0 Å². The largest absolute Gasteiger partial charge is 0.466 e. The standard InChI is InChI=1S/C44H87NO4/c1-3-5-7-9-11-13-15-17-19-21-25-29-33-37-41-48-43(46)39-35-31-27-23-24-28-32-36-40-45-44(47)49-42-38-34-30-26-22-20-18-16-14-12-10-8-6-4-2/h3-42H2,1-2H3,(H,45,47). The number of amides is 1. The summed E-state index contributed by atoms with van der Waals surface area (Å²) >= 11 is 0. The van der Waals surface area contributed by atoms with Gasteiger partial charge in [0.05, 0.1) is 13.2 Å². The van der Waals surface area contributed by atoms with Gasteiger partial charge in [0.2, 0.25) is 0 Å². The average Bonchev–Trinajstić information content (AvgIpc) is 3.10. The van der Waals surface area contributed by atoms with E-state index in [1.807, 2.05) is 0 Å². The van der Waals surface area contributed by atoms with Crippen LogP contribution in [0.25, 0.3) is 0 Å². The quantitative estimate of drug-likeness (QED) is 0.0511. The molecule has 0 aromatic rings. The lowest BCUT2D eigenvalue weighted by molar-refractivity contribution is -0.143. The summed E-state index contributed by atoms with van der Waals surface area (Å²) in [7, 11) is 0. The Hall–Kier alpha value is -1.26. The molecule has 292 valence electrons. The van der Waals surface area contributed by atoms with E-state index in [0.717, 1.165) is 44.9 Å². The molecule has 1 N–H and O–H groups in total. The van der Waals surface area contributed by atoms with Crippen LogP contribution in [0, 0.1) is 0 Å². The number of unbranched alkanes of at least 4 members (excludes halogenated alkanes) is 33. The van der Waals surface area contributed by atoms with Crippen molar-refractivity contribution in [1.82, 2.24) is 5.32 Å². The molecular formula is C44H87NO4. The number of hydrogen-bond donors (Lipinski definition) is 1. The number of alkyl carbamates (subject to hydrolysis) is 1. The van der Waals surface area contributed by atoms with E-state index in [0.29, 0.717) is 26.2 Å². The van der Waals surface area contributed by atoms with Crippen LogP contribution in [0.15, 0.2) is 0 Å². The van der Waals surface area contributed by atoms with Crippen molar-refractivity contribution in [1.29, 1.82) is 0 Å². The molecule has 0 unspecified atom stereocenters. The normalized spacial score (nSPS) is 11.2. The summed E-state index contributed by atoms with van der Waals surface area (Å²) in [6.07, 6.45) is 46.9. The molecule has 0 heterocycles. The average molecular weight is 694 g/mol. The zero-order chi connectivity index (χ0) is 35.6. The fraction of sp³-hybridized carbons (Fsp3) is 0.955. The van der Waals surface area contributed by atoms with Crippen LogP contribution in [0.1, 0.15) is 251 Å². The smallest absolute Gasteiger partial charge is 0.407 e. The summed E-state index contributed by atoms with van der Waals surface area (Å²) in [6, 6.07) is 0. The maximum Gasteiger partial charge on any atom is 0.407 e. The molecule has 0 aromatic heterocycles. The minimum absolute atomic E-state index is 0.0136. The van der Waals surface area contributed by atoms with Crippen molar-refractivity contribution in [2.75, 3.05) is 19.8 Å². The fourth-order valence-corrected chi connectivity index (χ4v) is 6.71. The van der Waals surface area contributed by atoms with Crippen molar-refractivity contribution < 1.29 is 19.1 Å². The van der Waals surface area contributed by atoms with Crippen molar-refractivity contribution in [3.8, 4) is 0 Å². The Kier molecular flexibility index (Phi) is 41.8. The third-order valence-corrected chi connectivity index (χ3v) is 10.1. The van der Waals surface area contributed by atoms with Crippen LogP contribution in [-0.4, -0.2) is 31.8 Å². The van der Waals surface area contributed by atoms with Gasteiger partial charge in [-0.25, -0.2) is 4.79 Å². The first kappa shape index (κ1) is 47.7. The van der Waals surface area contributed by atoms with E-state index in [1.165, 1.54) is 186 Å². The molecule has 0 saturated heterocycles. The van der Waals surface area contributed by atoms with Gasteiger partial charge in [0.25, 0.3) is 0 Å². The molecule has 0 bridgehead atoms. The third-order valence-electron chi connectivity index (χ3n) is 10.1. The molecule has 0 fully saturated rings. The maximum absolute atomic E-state index is 12.0. The van der Waals surface area contributed by atoms with Crippen molar-refractivity contribution in [2.45, 2.75) is 251 Å². The molecular weight excluding hydrogens is 606 g/mol. The lowest BCUT2D eigenvalue weighted by Crippen LogP contribution is -2.25. The van der Waals surface area contributed by atoms with Crippen molar-refractivity contribution >= 4 is 12.1 Å². The number of nitrogens with one attached hydrogen (secondary N) is 1. The molecule has 0 aliphatic heterocycles. The van der Waals surface area contributed by atoms with Gasteiger partial charge in [0.15, 0.2) is 0 Å². The van der Waals surface area contributed by atoms with E-state index < -0.39 is 0 Å². The summed E-state index contributed by atoms with van der Waals surface area (Å²) < 4.78 is 10.8. The van der Waals surface area contributed by atoms with Gasteiger partial charge in [-0.05, 0) is 25.7 Å². The Labute approximate surface area is 307 Å². The van der Waals surface area contributed by atoms with Gasteiger partial charge >= 0.3 is 12.1 Å². The first-order chi connectivity index (χ1) is 24.2. The number of carbonyl (C=O) groups excluding carboxylic acids is 2. The van der Waals surface area contributed by atoms with E-state index in [9.17, 15) is 9.59 Å². The Balaban J connectivity index is 3.22. The van der Waals surface area contributed by atoms with Crippen molar-refractivity contribution in [3.05, 3.63) is 0 Å². The highest BCUT2D eigenvalue weighted by atomic mass is 16.5. The van der Waals surface area contributed by atoms with E-state index in [-0.39, 0.29) is 12.1 Å². The van der Waals surface area contributed by atoms with Gasteiger partial charge < -0.3 is 14.8 Å². The SMILES string of the molecule is CCCCCCCCCCCCCCCCOC(=O)CCCCCCCCCCNC(=O)OCCCCCCCCCCCCCCCC. The third kappa shape index (κ3) is 42.8. The maximum atomic E-state index is 12.0. The second kappa shape index (κ2) is 42.9. The zero-order valence-electron chi connectivity index (χ0n) is 33.4. The number of hydrogen-bond acceptors (Lipinski definition) is 4. The highest BCUT2D eigenvalue weighted by Gasteiger charge is 2.04. The molecule has 0 aliphatic carbocycles. The van der Waals surface area contributed by atoms with Crippen molar-refractivity contribution in [2.24, 2.45) is 0 Å². The van der Waals surface area contributed by atoms with Gasteiger partial charge in [0, 0.05) is 13.0 Å². The van der Waals surface area contributed by atoms with Crippen LogP contribution in [0.3, 0.4) is 0 Å². The van der Waals surface area contributed by atoms with Crippen LogP contribution >= 0.6 is 0 Å².